The highest BCUT2D eigenvalue weighted by atomic mass is 79.9. The number of aryl methyl sites for hydroxylation is 1. The standard InChI is InChI=1S/C16H11BrF4N4O2/c1-7-10-2-8(18)3-11(17)13(10)27-12(7)14(16(19,20)21)25-15(26)24-9-4-22-6-23-5-9/h2-6,14H,1H3,(H2,24,25,26)/t14-/m0/s1. The molecule has 6 nitrogen and oxygen atoms in total. The second-order valence-corrected chi connectivity index (χ2v) is 6.41. The van der Waals surface area contributed by atoms with Crippen molar-refractivity contribution in [3.63, 3.8) is 0 Å². The Hall–Kier alpha value is -2.69. The molecule has 0 aliphatic heterocycles. The average molecular weight is 447 g/mol. The van der Waals surface area contributed by atoms with E-state index in [1.807, 2.05) is 5.32 Å². The van der Waals surface area contributed by atoms with Crippen LogP contribution in [-0.4, -0.2) is 22.2 Å². The van der Waals surface area contributed by atoms with E-state index in [4.69, 9.17) is 4.42 Å². The molecule has 0 radical (unpaired) electrons. The zero-order valence-electron chi connectivity index (χ0n) is 13.6. The normalized spacial score (nSPS) is 12.8. The number of anilines is 1. The Kier molecular flexibility index (Phi) is 5.05. The molecule has 0 bridgehead atoms. The van der Waals surface area contributed by atoms with Gasteiger partial charge in [0.05, 0.1) is 22.6 Å². The zero-order chi connectivity index (χ0) is 19.8. The molecule has 0 spiro atoms. The number of aromatic nitrogens is 2. The van der Waals surface area contributed by atoms with Crippen LogP contribution in [0.4, 0.5) is 28.0 Å². The molecule has 2 N–H and O–H groups in total. The number of halogens is 5. The molecule has 2 aromatic heterocycles. The van der Waals surface area contributed by atoms with Gasteiger partial charge < -0.3 is 15.1 Å². The van der Waals surface area contributed by atoms with Crippen molar-refractivity contribution in [2.75, 3.05) is 5.32 Å². The number of alkyl halides is 3. The van der Waals surface area contributed by atoms with Crippen LogP contribution in [0.2, 0.25) is 0 Å². The van der Waals surface area contributed by atoms with Crippen molar-refractivity contribution in [1.29, 1.82) is 0 Å². The third-order valence-corrected chi connectivity index (χ3v) is 4.27. The first-order valence-corrected chi connectivity index (χ1v) is 8.23. The molecule has 3 aromatic rings. The van der Waals surface area contributed by atoms with Crippen molar-refractivity contribution in [1.82, 2.24) is 15.3 Å². The lowest BCUT2D eigenvalue weighted by Gasteiger charge is -2.20. The number of hydrogen-bond acceptors (Lipinski definition) is 4. The van der Waals surface area contributed by atoms with Crippen LogP contribution in [0.15, 0.2) is 39.7 Å². The first kappa shape index (κ1) is 19.1. The Bertz CT molecular complexity index is 991. The Morgan fingerprint density at radius 1 is 1.26 bits per heavy atom. The van der Waals surface area contributed by atoms with Gasteiger partial charge >= 0.3 is 12.2 Å². The van der Waals surface area contributed by atoms with Crippen LogP contribution in [0.25, 0.3) is 11.0 Å². The highest BCUT2D eigenvalue weighted by Crippen LogP contribution is 2.40. The van der Waals surface area contributed by atoms with Crippen molar-refractivity contribution in [3.8, 4) is 0 Å². The Morgan fingerprint density at radius 2 is 1.93 bits per heavy atom. The van der Waals surface area contributed by atoms with Gasteiger partial charge in [-0.25, -0.2) is 19.2 Å². The molecule has 27 heavy (non-hydrogen) atoms. The van der Waals surface area contributed by atoms with Crippen LogP contribution in [0.1, 0.15) is 17.4 Å². The van der Waals surface area contributed by atoms with Crippen molar-refractivity contribution >= 4 is 38.6 Å². The lowest BCUT2D eigenvalue weighted by Crippen LogP contribution is -2.40. The van der Waals surface area contributed by atoms with Gasteiger partial charge in [0.2, 0.25) is 0 Å². The monoisotopic (exact) mass is 446 g/mol. The maximum absolute atomic E-state index is 13.6. The number of nitrogens with zero attached hydrogens (tertiary/aromatic N) is 2. The third-order valence-electron chi connectivity index (χ3n) is 3.68. The van der Waals surface area contributed by atoms with Gasteiger partial charge in [0, 0.05) is 10.9 Å². The molecule has 11 heteroatoms. The summed E-state index contributed by atoms with van der Waals surface area (Å²) in [6.07, 6.45) is -1.20. The summed E-state index contributed by atoms with van der Waals surface area (Å²) in [5.74, 6) is -1.17. The lowest BCUT2D eigenvalue weighted by molar-refractivity contribution is -0.158. The number of furan rings is 1. The number of amides is 2. The number of urea groups is 1. The number of nitrogens with one attached hydrogen (secondary N) is 2. The molecule has 3 rings (SSSR count). The van der Waals surface area contributed by atoms with Crippen LogP contribution in [-0.2, 0) is 0 Å². The SMILES string of the molecule is Cc1c([C@H](NC(=O)Nc2cncnc2)C(F)(F)F)oc2c(Br)cc(F)cc12. The minimum Gasteiger partial charge on any atom is -0.457 e. The molecule has 0 fully saturated rings. The number of carbonyl (C=O) groups excluding carboxylic acids is 1. The van der Waals surface area contributed by atoms with Gasteiger partial charge in [0.1, 0.15) is 23.5 Å². The summed E-state index contributed by atoms with van der Waals surface area (Å²) >= 11 is 3.06. The molecule has 0 saturated carbocycles. The fourth-order valence-corrected chi connectivity index (χ4v) is 3.01. The molecule has 1 atom stereocenters. The molecular weight excluding hydrogens is 436 g/mol. The van der Waals surface area contributed by atoms with Gasteiger partial charge in [0.15, 0.2) is 6.04 Å². The first-order valence-electron chi connectivity index (χ1n) is 7.44. The summed E-state index contributed by atoms with van der Waals surface area (Å²) in [6, 6.07) is -1.42. The smallest absolute Gasteiger partial charge is 0.416 e. The van der Waals surface area contributed by atoms with E-state index in [1.54, 1.807) is 0 Å². The van der Waals surface area contributed by atoms with Gasteiger partial charge in [-0.1, -0.05) is 0 Å². The topological polar surface area (TPSA) is 80.0 Å². The van der Waals surface area contributed by atoms with Gasteiger partial charge in [0.25, 0.3) is 0 Å². The molecule has 0 unspecified atom stereocenters. The maximum Gasteiger partial charge on any atom is 0.416 e. The predicted octanol–water partition coefficient (Wildman–Crippen LogP) is 4.86. The summed E-state index contributed by atoms with van der Waals surface area (Å²) in [5.41, 5.74) is 0.231. The molecule has 1 aromatic carbocycles. The van der Waals surface area contributed by atoms with Crippen molar-refractivity contribution in [2.24, 2.45) is 0 Å². The number of hydrogen-bond donors (Lipinski definition) is 2. The van der Waals surface area contributed by atoms with Crippen molar-refractivity contribution in [3.05, 3.63) is 52.5 Å². The minimum atomic E-state index is -4.85. The summed E-state index contributed by atoms with van der Waals surface area (Å²) in [6.45, 7) is 1.36. The highest BCUT2D eigenvalue weighted by molar-refractivity contribution is 9.10. The molecule has 0 aliphatic rings. The van der Waals surface area contributed by atoms with Crippen LogP contribution in [0.3, 0.4) is 0 Å². The quantitative estimate of drug-likeness (QED) is 0.563. The maximum atomic E-state index is 13.6. The van der Waals surface area contributed by atoms with E-state index in [1.165, 1.54) is 25.6 Å². The van der Waals surface area contributed by atoms with E-state index in [0.29, 0.717) is 0 Å². The van der Waals surface area contributed by atoms with Gasteiger partial charge in [-0.3, -0.25) is 0 Å². The first-order chi connectivity index (χ1) is 12.7. The fraction of sp³-hybridized carbons (Fsp3) is 0.188. The minimum absolute atomic E-state index is 0.0526. The molecular formula is C16H11BrF4N4O2. The summed E-state index contributed by atoms with van der Waals surface area (Å²) in [5, 5.41) is 4.20. The highest BCUT2D eigenvalue weighted by Gasteiger charge is 2.45. The second kappa shape index (κ2) is 7.14. The molecule has 2 heterocycles. The zero-order valence-corrected chi connectivity index (χ0v) is 15.2. The summed E-state index contributed by atoms with van der Waals surface area (Å²) < 4.78 is 59.8. The number of rotatable bonds is 3. The van der Waals surface area contributed by atoms with Gasteiger partial charge in [-0.2, -0.15) is 13.2 Å². The Morgan fingerprint density at radius 3 is 2.56 bits per heavy atom. The van der Waals surface area contributed by atoms with Crippen molar-refractivity contribution < 1.29 is 26.8 Å². The molecule has 142 valence electrons. The fourth-order valence-electron chi connectivity index (χ4n) is 2.50. The van der Waals surface area contributed by atoms with Crippen LogP contribution in [0, 0.1) is 12.7 Å². The number of fused-ring (bicyclic) bond motifs is 1. The third kappa shape index (κ3) is 4.02. The van der Waals surface area contributed by atoms with E-state index >= 15 is 0 Å². The van der Waals surface area contributed by atoms with Crippen LogP contribution >= 0.6 is 15.9 Å². The summed E-state index contributed by atoms with van der Waals surface area (Å²) in [7, 11) is 0. The molecule has 2 amide bonds. The Balaban J connectivity index is 1.96. The van der Waals surface area contributed by atoms with E-state index in [0.717, 1.165) is 12.1 Å². The van der Waals surface area contributed by atoms with Crippen LogP contribution in [0.5, 0.6) is 0 Å². The molecule has 0 aliphatic carbocycles. The lowest BCUT2D eigenvalue weighted by atomic mass is 10.1. The summed E-state index contributed by atoms with van der Waals surface area (Å²) in [4.78, 5) is 19.3. The number of benzene rings is 1. The molecule has 0 saturated heterocycles. The van der Waals surface area contributed by atoms with Crippen molar-refractivity contribution in [2.45, 2.75) is 19.1 Å². The average Bonchev–Trinajstić information content (AvgIpc) is 2.90. The second-order valence-electron chi connectivity index (χ2n) is 5.56. The van der Waals surface area contributed by atoms with Gasteiger partial charge in [-0.05, 0) is 35.0 Å². The van der Waals surface area contributed by atoms with E-state index in [-0.39, 0.29) is 26.7 Å². The number of carbonyl (C=O) groups is 1. The van der Waals surface area contributed by atoms with Gasteiger partial charge in [-0.15, -0.1) is 0 Å². The van der Waals surface area contributed by atoms with E-state index in [2.05, 4.69) is 31.2 Å². The largest absolute Gasteiger partial charge is 0.457 e. The Labute approximate surface area is 158 Å². The van der Waals surface area contributed by atoms with Crippen LogP contribution < -0.4 is 10.6 Å². The van der Waals surface area contributed by atoms with E-state index in [9.17, 15) is 22.4 Å². The van der Waals surface area contributed by atoms with E-state index < -0.39 is 29.8 Å². The predicted molar refractivity (Wildman–Crippen MR) is 91.6 cm³/mol.